The molecule has 4 heteroatoms. The van der Waals surface area contributed by atoms with Gasteiger partial charge in [-0.05, 0) is 12.8 Å². The van der Waals surface area contributed by atoms with E-state index in [9.17, 15) is 9.59 Å². The fourth-order valence-corrected chi connectivity index (χ4v) is 4.16. The molecular formula is C11H17NO2S. The van der Waals surface area contributed by atoms with Gasteiger partial charge in [-0.15, -0.1) is 0 Å². The second-order valence-corrected chi connectivity index (χ2v) is 5.64. The van der Waals surface area contributed by atoms with Gasteiger partial charge < -0.3 is 10.1 Å². The van der Waals surface area contributed by atoms with Crippen molar-refractivity contribution in [3.63, 3.8) is 0 Å². The van der Waals surface area contributed by atoms with Crippen LogP contribution in [0, 0.1) is 5.92 Å². The average Bonchev–Trinajstić information content (AvgIpc) is 2.73. The molecule has 15 heavy (non-hydrogen) atoms. The van der Waals surface area contributed by atoms with Gasteiger partial charge in [0.25, 0.3) is 0 Å². The highest BCUT2D eigenvalue weighted by molar-refractivity contribution is 8.00. The van der Waals surface area contributed by atoms with Gasteiger partial charge in [-0.1, -0.05) is 6.42 Å². The molecule has 2 aliphatic rings. The minimum Gasteiger partial charge on any atom is -0.352 e. The predicted molar refractivity (Wildman–Crippen MR) is 60.8 cm³/mol. The zero-order chi connectivity index (χ0) is 10.7. The van der Waals surface area contributed by atoms with E-state index in [0.29, 0.717) is 23.6 Å². The molecule has 0 radical (unpaired) electrons. The van der Waals surface area contributed by atoms with Crippen LogP contribution in [0.5, 0.6) is 0 Å². The van der Waals surface area contributed by atoms with Crippen LogP contribution in [0.15, 0.2) is 0 Å². The van der Waals surface area contributed by atoms with Crippen molar-refractivity contribution in [2.75, 3.05) is 5.75 Å². The summed E-state index contributed by atoms with van der Waals surface area (Å²) in [6.45, 7) is 0. The highest BCUT2D eigenvalue weighted by atomic mass is 32.2. The first-order chi connectivity index (χ1) is 7.31. The lowest BCUT2D eigenvalue weighted by Crippen LogP contribution is -2.29. The Balaban J connectivity index is 1.74. The van der Waals surface area contributed by atoms with Crippen LogP contribution in [0.1, 0.15) is 32.1 Å². The quantitative estimate of drug-likeness (QED) is 0.570. The van der Waals surface area contributed by atoms with Crippen LogP contribution >= 0.6 is 11.8 Å². The number of hydrogen-bond donors (Lipinski definition) is 1. The van der Waals surface area contributed by atoms with Crippen molar-refractivity contribution in [1.82, 2.24) is 5.32 Å². The third-order valence-electron chi connectivity index (χ3n) is 3.31. The zero-order valence-corrected chi connectivity index (χ0v) is 9.59. The molecule has 0 saturated carbocycles. The van der Waals surface area contributed by atoms with Crippen LogP contribution in [-0.4, -0.2) is 29.2 Å². The van der Waals surface area contributed by atoms with Crippen LogP contribution in [0.4, 0.5) is 0 Å². The Labute approximate surface area is 94.4 Å². The van der Waals surface area contributed by atoms with Crippen molar-refractivity contribution in [2.45, 2.75) is 43.4 Å². The molecule has 3 atom stereocenters. The number of amides is 1. The summed E-state index contributed by atoms with van der Waals surface area (Å²) in [5.74, 6) is 1.86. The molecule has 1 N–H and O–H groups in total. The van der Waals surface area contributed by atoms with E-state index in [1.165, 1.54) is 0 Å². The Morgan fingerprint density at radius 2 is 2.33 bits per heavy atom. The van der Waals surface area contributed by atoms with Crippen LogP contribution in [0.25, 0.3) is 0 Å². The second kappa shape index (κ2) is 5.01. The van der Waals surface area contributed by atoms with Crippen LogP contribution in [-0.2, 0) is 9.59 Å². The monoisotopic (exact) mass is 227 g/mol. The standard InChI is InChI=1S/C11H17NO2S/c13-5-3-1-2-4-10-8-6-11(14)12-9(8)7-15-10/h5,8-10H,1-4,6-7H2,(H,12,14)/t8-,9-,10-/m1/s1. The maximum Gasteiger partial charge on any atom is 0.220 e. The molecule has 2 saturated heterocycles. The van der Waals surface area contributed by atoms with E-state index in [1.54, 1.807) is 0 Å². The van der Waals surface area contributed by atoms with Gasteiger partial charge in [-0.25, -0.2) is 0 Å². The number of carbonyl (C=O) groups is 2. The highest BCUT2D eigenvalue weighted by Crippen LogP contribution is 2.40. The molecule has 84 valence electrons. The van der Waals surface area contributed by atoms with Crippen LogP contribution in [0.2, 0.25) is 0 Å². The van der Waals surface area contributed by atoms with Gasteiger partial charge in [0.05, 0.1) is 0 Å². The van der Waals surface area contributed by atoms with E-state index < -0.39 is 0 Å². The number of rotatable bonds is 5. The number of hydrogen-bond acceptors (Lipinski definition) is 3. The van der Waals surface area contributed by atoms with Gasteiger partial charge in [0.15, 0.2) is 0 Å². The van der Waals surface area contributed by atoms with Gasteiger partial charge in [0.2, 0.25) is 5.91 Å². The Bertz CT molecular complexity index is 257. The SMILES string of the molecule is O=CCCCC[C@H]1SC[C@H]2NC(=O)C[C@H]21. The Morgan fingerprint density at radius 1 is 1.47 bits per heavy atom. The van der Waals surface area contributed by atoms with E-state index in [1.807, 2.05) is 11.8 Å². The van der Waals surface area contributed by atoms with E-state index in [4.69, 9.17) is 0 Å². The molecule has 0 aliphatic carbocycles. The summed E-state index contributed by atoms with van der Waals surface area (Å²) < 4.78 is 0. The summed E-state index contributed by atoms with van der Waals surface area (Å²) in [6.07, 6.45) is 5.67. The van der Waals surface area contributed by atoms with Gasteiger partial charge >= 0.3 is 0 Å². The molecule has 0 aromatic rings. The van der Waals surface area contributed by atoms with Crippen molar-refractivity contribution in [3.05, 3.63) is 0 Å². The van der Waals surface area contributed by atoms with E-state index in [0.717, 1.165) is 37.7 Å². The highest BCUT2D eigenvalue weighted by Gasteiger charge is 2.42. The summed E-state index contributed by atoms with van der Waals surface area (Å²) in [5.41, 5.74) is 0. The molecule has 3 nitrogen and oxygen atoms in total. The third kappa shape index (κ3) is 2.54. The lowest BCUT2D eigenvalue weighted by atomic mass is 9.94. The lowest BCUT2D eigenvalue weighted by molar-refractivity contribution is -0.119. The minimum atomic E-state index is 0.225. The maximum atomic E-state index is 11.2. The van der Waals surface area contributed by atoms with Crippen molar-refractivity contribution < 1.29 is 9.59 Å². The van der Waals surface area contributed by atoms with Crippen LogP contribution < -0.4 is 5.32 Å². The molecule has 0 aromatic carbocycles. The minimum absolute atomic E-state index is 0.225. The largest absolute Gasteiger partial charge is 0.352 e. The Morgan fingerprint density at radius 3 is 3.13 bits per heavy atom. The molecule has 2 aliphatic heterocycles. The first-order valence-electron chi connectivity index (χ1n) is 5.66. The first-order valence-corrected chi connectivity index (χ1v) is 6.70. The van der Waals surface area contributed by atoms with E-state index in [2.05, 4.69) is 5.32 Å². The van der Waals surface area contributed by atoms with E-state index >= 15 is 0 Å². The molecular weight excluding hydrogens is 210 g/mol. The number of aldehydes is 1. The van der Waals surface area contributed by atoms with Crippen molar-refractivity contribution >= 4 is 24.0 Å². The van der Waals surface area contributed by atoms with E-state index in [-0.39, 0.29) is 5.91 Å². The number of unbranched alkanes of at least 4 members (excludes halogenated alkanes) is 2. The molecule has 2 heterocycles. The summed E-state index contributed by atoms with van der Waals surface area (Å²) in [5, 5.41) is 3.67. The Hall–Kier alpha value is -0.510. The topological polar surface area (TPSA) is 46.2 Å². The predicted octanol–water partition coefficient (Wildman–Crippen LogP) is 1.37. The number of nitrogens with one attached hydrogen (secondary N) is 1. The van der Waals surface area contributed by atoms with Crippen LogP contribution in [0.3, 0.4) is 0 Å². The molecule has 2 rings (SSSR count). The van der Waals surface area contributed by atoms with Gasteiger partial charge in [0, 0.05) is 35.8 Å². The normalized spacial score (nSPS) is 33.9. The first kappa shape index (κ1) is 11.0. The van der Waals surface area contributed by atoms with Crippen molar-refractivity contribution in [3.8, 4) is 0 Å². The molecule has 2 fully saturated rings. The fraction of sp³-hybridized carbons (Fsp3) is 0.818. The summed E-state index contributed by atoms with van der Waals surface area (Å²) in [6, 6.07) is 0.429. The summed E-state index contributed by atoms with van der Waals surface area (Å²) >= 11 is 1.99. The van der Waals surface area contributed by atoms with Gasteiger partial charge in [0.1, 0.15) is 6.29 Å². The smallest absolute Gasteiger partial charge is 0.220 e. The second-order valence-electron chi connectivity index (χ2n) is 4.36. The summed E-state index contributed by atoms with van der Waals surface area (Å²) in [4.78, 5) is 21.4. The average molecular weight is 227 g/mol. The summed E-state index contributed by atoms with van der Waals surface area (Å²) in [7, 11) is 0. The van der Waals surface area contributed by atoms with Crippen molar-refractivity contribution in [2.24, 2.45) is 5.92 Å². The van der Waals surface area contributed by atoms with Crippen molar-refractivity contribution in [1.29, 1.82) is 0 Å². The molecule has 0 bridgehead atoms. The number of fused-ring (bicyclic) bond motifs is 1. The Kier molecular flexibility index (Phi) is 3.67. The number of thioether (sulfide) groups is 1. The lowest BCUT2D eigenvalue weighted by Gasteiger charge is -2.15. The van der Waals surface area contributed by atoms with Gasteiger partial charge in [-0.2, -0.15) is 11.8 Å². The maximum absolute atomic E-state index is 11.2. The fourth-order valence-electron chi connectivity index (χ4n) is 2.51. The molecule has 0 spiro atoms. The molecule has 0 unspecified atom stereocenters. The third-order valence-corrected chi connectivity index (χ3v) is 4.88. The number of carbonyl (C=O) groups excluding carboxylic acids is 2. The molecule has 1 amide bonds. The van der Waals surface area contributed by atoms with Gasteiger partial charge in [-0.3, -0.25) is 4.79 Å². The molecule has 0 aromatic heterocycles. The zero-order valence-electron chi connectivity index (χ0n) is 8.78.